The molecule has 110 valence electrons. The van der Waals surface area contributed by atoms with Crippen LogP contribution in [-0.2, 0) is 6.54 Å². The molecule has 0 bridgehead atoms. The first-order chi connectivity index (χ1) is 10.2. The number of nitrogens with zero attached hydrogens (tertiary/aromatic N) is 4. The van der Waals surface area contributed by atoms with E-state index in [1.165, 1.54) is 5.56 Å². The van der Waals surface area contributed by atoms with E-state index < -0.39 is 0 Å². The van der Waals surface area contributed by atoms with E-state index in [0.29, 0.717) is 5.69 Å². The second-order valence-corrected chi connectivity index (χ2v) is 6.03. The molecule has 1 aliphatic rings. The topological polar surface area (TPSA) is 49.3 Å². The van der Waals surface area contributed by atoms with Gasteiger partial charge in [0.15, 0.2) is 0 Å². The summed E-state index contributed by atoms with van der Waals surface area (Å²) in [5.41, 5.74) is 1.67. The van der Waals surface area contributed by atoms with Gasteiger partial charge in [-0.15, -0.1) is 0 Å². The highest BCUT2D eigenvalue weighted by atomic mass is 32.1. The maximum Gasteiger partial charge on any atom is 0.274 e. The number of carbonyl (C=O) groups is 1. The van der Waals surface area contributed by atoms with Crippen molar-refractivity contribution < 1.29 is 4.79 Å². The molecule has 2 aromatic rings. The summed E-state index contributed by atoms with van der Waals surface area (Å²) >= 11 is 1.68. The molecule has 0 atom stereocenters. The summed E-state index contributed by atoms with van der Waals surface area (Å²) in [7, 11) is 1.96. The van der Waals surface area contributed by atoms with Crippen molar-refractivity contribution in [2.24, 2.45) is 0 Å². The van der Waals surface area contributed by atoms with Gasteiger partial charge in [0.25, 0.3) is 5.91 Å². The van der Waals surface area contributed by atoms with E-state index in [9.17, 15) is 4.79 Å². The van der Waals surface area contributed by atoms with Gasteiger partial charge in [0.05, 0.1) is 12.4 Å². The Balaban J connectivity index is 1.74. The highest BCUT2D eigenvalue weighted by Gasteiger charge is 2.21. The molecular formula is C15H18N4OS. The lowest BCUT2D eigenvalue weighted by Crippen LogP contribution is -2.29. The van der Waals surface area contributed by atoms with Crippen LogP contribution in [0.1, 0.15) is 28.9 Å². The van der Waals surface area contributed by atoms with E-state index in [1.807, 2.05) is 16.8 Å². The minimum absolute atomic E-state index is 0.00853. The van der Waals surface area contributed by atoms with Crippen LogP contribution in [0.4, 0.5) is 5.82 Å². The van der Waals surface area contributed by atoms with Crippen LogP contribution in [0.2, 0.25) is 0 Å². The van der Waals surface area contributed by atoms with E-state index >= 15 is 0 Å². The summed E-state index contributed by atoms with van der Waals surface area (Å²) in [4.78, 5) is 24.9. The van der Waals surface area contributed by atoms with Crippen LogP contribution in [0.15, 0.2) is 29.2 Å². The predicted molar refractivity (Wildman–Crippen MR) is 83.6 cm³/mol. The van der Waals surface area contributed by atoms with Gasteiger partial charge in [-0.1, -0.05) is 0 Å². The van der Waals surface area contributed by atoms with Crippen molar-refractivity contribution in [1.29, 1.82) is 0 Å². The second-order valence-electron chi connectivity index (χ2n) is 5.25. The zero-order valence-corrected chi connectivity index (χ0v) is 12.8. The number of amides is 1. The Morgan fingerprint density at radius 3 is 2.90 bits per heavy atom. The SMILES string of the molecule is CN(Cc1ccsc1)c1cncc(C(=O)N2CCCC2)n1. The predicted octanol–water partition coefficient (Wildman–Crippen LogP) is 2.41. The van der Waals surface area contributed by atoms with Gasteiger partial charge in [-0.2, -0.15) is 11.3 Å². The molecule has 0 aliphatic carbocycles. The fraction of sp³-hybridized carbons (Fsp3) is 0.400. The van der Waals surface area contributed by atoms with Crippen molar-refractivity contribution in [3.63, 3.8) is 0 Å². The number of carbonyl (C=O) groups excluding carboxylic acids is 1. The Morgan fingerprint density at radius 1 is 1.38 bits per heavy atom. The van der Waals surface area contributed by atoms with Crippen LogP contribution in [0.3, 0.4) is 0 Å². The molecule has 1 saturated heterocycles. The highest BCUT2D eigenvalue weighted by Crippen LogP contribution is 2.16. The summed E-state index contributed by atoms with van der Waals surface area (Å²) in [5.74, 6) is 0.719. The van der Waals surface area contributed by atoms with E-state index in [0.717, 1.165) is 38.3 Å². The number of hydrogen-bond donors (Lipinski definition) is 0. The lowest BCUT2D eigenvalue weighted by atomic mass is 10.3. The Bertz CT molecular complexity index is 608. The number of thiophene rings is 1. The van der Waals surface area contributed by atoms with E-state index in [1.54, 1.807) is 23.7 Å². The number of aromatic nitrogens is 2. The average Bonchev–Trinajstić information content (AvgIpc) is 3.20. The van der Waals surface area contributed by atoms with Crippen LogP contribution in [0.25, 0.3) is 0 Å². The maximum absolute atomic E-state index is 12.3. The van der Waals surface area contributed by atoms with Gasteiger partial charge in [-0.05, 0) is 35.2 Å². The quantitative estimate of drug-likeness (QED) is 0.870. The Labute approximate surface area is 128 Å². The molecule has 1 fully saturated rings. The zero-order chi connectivity index (χ0) is 14.7. The summed E-state index contributed by atoms with van der Waals surface area (Å²) in [6, 6.07) is 2.09. The van der Waals surface area contributed by atoms with Gasteiger partial charge in [0.1, 0.15) is 11.5 Å². The molecule has 0 saturated carbocycles. The number of rotatable bonds is 4. The van der Waals surface area contributed by atoms with Crippen molar-refractivity contribution in [2.45, 2.75) is 19.4 Å². The molecule has 6 heteroatoms. The fourth-order valence-corrected chi connectivity index (χ4v) is 3.12. The molecule has 3 heterocycles. The minimum Gasteiger partial charge on any atom is -0.354 e. The lowest BCUT2D eigenvalue weighted by Gasteiger charge is -2.19. The van der Waals surface area contributed by atoms with Crippen molar-refractivity contribution >= 4 is 23.1 Å². The molecule has 2 aromatic heterocycles. The van der Waals surface area contributed by atoms with Crippen molar-refractivity contribution in [2.75, 3.05) is 25.0 Å². The Hall–Kier alpha value is -1.95. The van der Waals surface area contributed by atoms with Crippen LogP contribution >= 0.6 is 11.3 Å². The van der Waals surface area contributed by atoms with E-state index in [2.05, 4.69) is 26.8 Å². The summed E-state index contributed by atoms with van der Waals surface area (Å²) in [5, 5.41) is 4.17. The normalized spacial score (nSPS) is 14.4. The molecule has 0 N–H and O–H groups in total. The molecule has 0 radical (unpaired) electrons. The Morgan fingerprint density at radius 2 is 2.19 bits per heavy atom. The van der Waals surface area contributed by atoms with Crippen LogP contribution in [0.5, 0.6) is 0 Å². The van der Waals surface area contributed by atoms with Gasteiger partial charge in [0.2, 0.25) is 0 Å². The molecule has 5 nitrogen and oxygen atoms in total. The van der Waals surface area contributed by atoms with Crippen LogP contribution < -0.4 is 4.90 Å². The monoisotopic (exact) mass is 302 g/mol. The zero-order valence-electron chi connectivity index (χ0n) is 12.0. The minimum atomic E-state index is -0.00853. The van der Waals surface area contributed by atoms with Gasteiger partial charge < -0.3 is 9.80 Å². The van der Waals surface area contributed by atoms with E-state index in [4.69, 9.17) is 0 Å². The summed E-state index contributed by atoms with van der Waals surface area (Å²) in [6.45, 7) is 2.42. The Kier molecular flexibility index (Phi) is 4.15. The molecule has 3 rings (SSSR count). The molecule has 1 aliphatic heterocycles. The molecule has 1 amide bonds. The maximum atomic E-state index is 12.3. The third kappa shape index (κ3) is 3.21. The first-order valence-electron chi connectivity index (χ1n) is 7.07. The first-order valence-corrected chi connectivity index (χ1v) is 8.02. The molecule has 0 spiro atoms. The van der Waals surface area contributed by atoms with Gasteiger partial charge in [-0.25, -0.2) is 4.98 Å². The lowest BCUT2D eigenvalue weighted by molar-refractivity contribution is 0.0786. The molecule has 21 heavy (non-hydrogen) atoms. The fourth-order valence-electron chi connectivity index (χ4n) is 2.46. The summed E-state index contributed by atoms with van der Waals surface area (Å²) in [6.07, 6.45) is 5.42. The largest absolute Gasteiger partial charge is 0.354 e. The van der Waals surface area contributed by atoms with E-state index in [-0.39, 0.29) is 5.91 Å². The van der Waals surface area contributed by atoms with Crippen molar-refractivity contribution in [3.05, 3.63) is 40.5 Å². The number of anilines is 1. The third-order valence-electron chi connectivity index (χ3n) is 3.63. The second kappa shape index (κ2) is 6.22. The molecule has 0 unspecified atom stereocenters. The highest BCUT2D eigenvalue weighted by molar-refractivity contribution is 7.07. The summed E-state index contributed by atoms with van der Waals surface area (Å²) < 4.78 is 0. The average molecular weight is 302 g/mol. The number of hydrogen-bond acceptors (Lipinski definition) is 5. The first kappa shape index (κ1) is 14.0. The standard InChI is InChI=1S/C15H18N4OS/c1-18(10-12-4-7-21-11-12)14-9-16-8-13(17-14)15(20)19-5-2-3-6-19/h4,7-9,11H,2-3,5-6,10H2,1H3. The molecular weight excluding hydrogens is 284 g/mol. The van der Waals surface area contributed by atoms with Crippen LogP contribution in [0, 0.1) is 0 Å². The smallest absolute Gasteiger partial charge is 0.274 e. The van der Waals surface area contributed by atoms with Gasteiger partial charge in [-0.3, -0.25) is 9.78 Å². The van der Waals surface area contributed by atoms with Gasteiger partial charge >= 0.3 is 0 Å². The van der Waals surface area contributed by atoms with Crippen molar-refractivity contribution in [3.8, 4) is 0 Å². The van der Waals surface area contributed by atoms with Gasteiger partial charge in [0, 0.05) is 26.7 Å². The van der Waals surface area contributed by atoms with Crippen molar-refractivity contribution in [1.82, 2.24) is 14.9 Å². The number of likely N-dealkylation sites (tertiary alicyclic amines) is 1. The molecule has 0 aromatic carbocycles. The van der Waals surface area contributed by atoms with Crippen LogP contribution in [-0.4, -0.2) is 40.9 Å². The third-order valence-corrected chi connectivity index (χ3v) is 4.36.